The van der Waals surface area contributed by atoms with Gasteiger partial charge in [-0.1, -0.05) is 50.3 Å². The van der Waals surface area contributed by atoms with Gasteiger partial charge in [0, 0.05) is 13.7 Å². The lowest BCUT2D eigenvalue weighted by atomic mass is 10.1. The number of benzene rings is 1. The summed E-state index contributed by atoms with van der Waals surface area (Å²) < 4.78 is 5.49. The van der Waals surface area contributed by atoms with Crippen molar-refractivity contribution in [2.24, 2.45) is 0 Å². The average molecular weight is 277 g/mol. The van der Waals surface area contributed by atoms with Crippen LogP contribution in [0.25, 0.3) is 6.08 Å². The highest BCUT2D eigenvalue weighted by Crippen LogP contribution is 2.09. The molecule has 0 saturated carbocycles. The van der Waals surface area contributed by atoms with Crippen molar-refractivity contribution < 1.29 is 4.43 Å². The monoisotopic (exact) mass is 277 g/mol. The second kappa shape index (κ2) is 9.04. The normalized spacial score (nSPS) is 12.6. The Bertz CT molecular complexity index is 384. The molecule has 0 heterocycles. The summed E-state index contributed by atoms with van der Waals surface area (Å²) in [6.07, 6.45) is 3.30. The van der Waals surface area contributed by atoms with E-state index in [2.05, 4.69) is 48.9 Å². The Hall–Kier alpha value is -0.943. The number of nitrogens with one attached hydrogen (secondary N) is 2. The molecule has 0 bridgehead atoms. The molecular formula is C15H25N2OSi. The van der Waals surface area contributed by atoms with Gasteiger partial charge in [0.25, 0.3) is 0 Å². The molecule has 0 fully saturated rings. The van der Waals surface area contributed by atoms with E-state index in [9.17, 15) is 0 Å². The molecule has 1 radical (unpaired) electrons. The van der Waals surface area contributed by atoms with E-state index in [-0.39, 0.29) is 6.17 Å². The Labute approximate surface area is 118 Å². The molecule has 0 aliphatic rings. The largest absolute Gasteiger partial charge is 0.406 e. The summed E-state index contributed by atoms with van der Waals surface area (Å²) in [4.78, 5) is 3.52. The van der Waals surface area contributed by atoms with Gasteiger partial charge in [0.05, 0.1) is 6.17 Å². The van der Waals surface area contributed by atoms with Gasteiger partial charge < -0.3 is 9.41 Å². The molecule has 0 aromatic heterocycles. The zero-order chi connectivity index (χ0) is 14.1. The fourth-order valence-electron chi connectivity index (χ4n) is 1.91. The van der Waals surface area contributed by atoms with Crippen LogP contribution >= 0.6 is 0 Å². The Kier molecular flexibility index (Phi) is 7.67. The lowest BCUT2D eigenvalue weighted by Gasteiger charge is -2.21. The van der Waals surface area contributed by atoms with Crippen LogP contribution in [-0.4, -0.2) is 22.5 Å². The third-order valence-corrected chi connectivity index (χ3v) is 5.18. The van der Waals surface area contributed by atoms with Crippen molar-refractivity contribution in [1.29, 1.82) is 0 Å². The molecule has 0 aliphatic carbocycles. The maximum Gasteiger partial charge on any atom is 0.303 e. The molecule has 1 rings (SSSR count). The van der Waals surface area contributed by atoms with Gasteiger partial charge in [-0.25, -0.2) is 0 Å². The van der Waals surface area contributed by atoms with Crippen molar-refractivity contribution in [3.63, 3.8) is 0 Å². The molecule has 19 heavy (non-hydrogen) atoms. The first kappa shape index (κ1) is 16.1. The first-order chi connectivity index (χ1) is 9.21. The van der Waals surface area contributed by atoms with Crippen LogP contribution in [0, 0.1) is 0 Å². The third-order valence-electron chi connectivity index (χ3n) is 2.97. The van der Waals surface area contributed by atoms with E-state index < -0.39 is 9.20 Å². The summed E-state index contributed by atoms with van der Waals surface area (Å²) in [5, 5.41) is 3.48. The van der Waals surface area contributed by atoms with Crippen LogP contribution in [0.1, 0.15) is 31.4 Å². The van der Waals surface area contributed by atoms with E-state index in [1.807, 2.05) is 12.1 Å². The van der Waals surface area contributed by atoms with E-state index in [1.54, 1.807) is 7.11 Å². The average Bonchev–Trinajstić information content (AvgIpc) is 2.44. The molecule has 4 heteroatoms. The van der Waals surface area contributed by atoms with Gasteiger partial charge in [-0.3, -0.25) is 5.32 Å². The van der Waals surface area contributed by atoms with Gasteiger partial charge in [-0.05, 0) is 24.1 Å². The van der Waals surface area contributed by atoms with Crippen LogP contribution in [0.15, 0.2) is 30.8 Å². The highest BCUT2D eigenvalue weighted by Gasteiger charge is 2.13. The lowest BCUT2D eigenvalue weighted by molar-refractivity contribution is 0.385. The summed E-state index contributed by atoms with van der Waals surface area (Å²) in [5.41, 5.74) is 2.46. The van der Waals surface area contributed by atoms with Crippen molar-refractivity contribution in [2.45, 2.75) is 39.0 Å². The van der Waals surface area contributed by atoms with E-state index in [0.717, 1.165) is 19.0 Å². The number of hydrogen-bond acceptors (Lipinski definition) is 3. The summed E-state index contributed by atoms with van der Waals surface area (Å²) in [5.74, 6) is 0. The van der Waals surface area contributed by atoms with Gasteiger partial charge in [0.1, 0.15) is 0 Å². The molecular weight excluding hydrogens is 252 g/mol. The minimum absolute atomic E-state index is 0.248. The quantitative estimate of drug-likeness (QED) is 0.538. The molecule has 1 aromatic rings. The summed E-state index contributed by atoms with van der Waals surface area (Å²) in [7, 11) is 0.903. The molecule has 1 atom stereocenters. The topological polar surface area (TPSA) is 33.3 Å². The maximum atomic E-state index is 5.49. The van der Waals surface area contributed by atoms with Crippen LogP contribution in [0.5, 0.6) is 0 Å². The van der Waals surface area contributed by atoms with Crippen molar-refractivity contribution in [1.82, 2.24) is 10.3 Å². The molecule has 3 nitrogen and oxygen atoms in total. The van der Waals surface area contributed by atoms with E-state index in [1.165, 1.54) is 11.1 Å². The summed E-state index contributed by atoms with van der Waals surface area (Å²) >= 11 is 0. The van der Waals surface area contributed by atoms with Crippen LogP contribution < -0.4 is 10.3 Å². The van der Waals surface area contributed by atoms with Crippen molar-refractivity contribution >= 4 is 15.3 Å². The second-order valence-electron chi connectivity index (χ2n) is 4.53. The Morgan fingerprint density at radius 2 is 2.16 bits per heavy atom. The van der Waals surface area contributed by atoms with Gasteiger partial charge in [-0.2, -0.15) is 0 Å². The molecule has 0 spiro atoms. The highest BCUT2D eigenvalue weighted by molar-refractivity contribution is 6.48. The van der Waals surface area contributed by atoms with E-state index in [4.69, 9.17) is 4.43 Å². The summed E-state index contributed by atoms with van der Waals surface area (Å²) in [6.45, 7) is 9.00. The summed E-state index contributed by atoms with van der Waals surface area (Å²) in [6, 6.07) is 9.43. The zero-order valence-electron chi connectivity index (χ0n) is 12.2. The van der Waals surface area contributed by atoms with E-state index >= 15 is 0 Å². The number of rotatable bonds is 9. The fraction of sp³-hybridized carbons (Fsp3) is 0.467. The predicted molar refractivity (Wildman–Crippen MR) is 83.8 cm³/mol. The first-order valence-corrected chi connectivity index (χ1v) is 8.42. The van der Waals surface area contributed by atoms with Crippen molar-refractivity contribution in [3.05, 3.63) is 42.0 Å². The highest BCUT2D eigenvalue weighted by atomic mass is 28.3. The first-order valence-electron chi connectivity index (χ1n) is 6.81. The molecule has 0 saturated heterocycles. The maximum absolute atomic E-state index is 5.49. The third kappa shape index (κ3) is 5.70. The van der Waals surface area contributed by atoms with E-state index in [0.29, 0.717) is 0 Å². The minimum Gasteiger partial charge on any atom is -0.406 e. The Morgan fingerprint density at radius 3 is 2.79 bits per heavy atom. The SMILES string of the molecule is C=Cc1ccccc1CNC(C)N[Si](CCC)OC. The smallest absolute Gasteiger partial charge is 0.303 e. The zero-order valence-corrected chi connectivity index (χ0v) is 13.2. The number of hydrogen-bond donors (Lipinski definition) is 2. The second-order valence-corrected chi connectivity index (χ2v) is 6.57. The van der Waals surface area contributed by atoms with Crippen LogP contribution in [0.4, 0.5) is 0 Å². The molecule has 1 unspecified atom stereocenters. The molecule has 105 valence electrons. The van der Waals surface area contributed by atoms with Crippen LogP contribution in [0.3, 0.4) is 0 Å². The minimum atomic E-state index is -0.885. The molecule has 1 aromatic carbocycles. The molecule has 2 N–H and O–H groups in total. The van der Waals surface area contributed by atoms with Crippen molar-refractivity contribution in [3.8, 4) is 0 Å². The van der Waals surface area contributed by atoms with Crippen molar-refractivity contribution in [2.75, 3.05) is 7.11 Å². The molecule has 0 amide bonds. The van der Waals surface area contributed by atoms with Gasteiger partial charge >= 0.3 is 9.20 Å². The Balaban J connectivity index is 2.45. The standard InChI is InChI=1S/C15H25N2OSi/c1-5-11-19(18-4)17-13(3)16-12-15-10-8-7-9-14(15)6-2/h6-10,13,16-17H,2,5,11-12H2,1,3-4H3. The fourth-order valence-corrected chi connectivity index (χ4v) is 3.42. The lowest BCUT2D eigenvalue weighted by Crippen LogP contribution is -2.48. The Morgan fingerprint density at radius 1 is 1.42 bits per heavy atom. The van der Waals surface area contributed by atoms with Crippen LogP contribution in [0.2, 0.25) is 6.04 Å². The van der Waals surface area contributed by atoms with Gasteiger partial charge in [-0.15, -0.1) is 0 Å². The van der Waals surface area contributed by atoms with Gasteiger partial charge in [0.15, 0.2) is 0 Å². The van der Waals surface area contributed by atoms with Crippen LogP contribution in [-0.2, 0) is 11.0 Å². The molecule has 0 aliphatic heterocycles. The van der Waals surface area contributed by atoms with Gasteiger partial charge in [0.2, 0.25) is 0 Å². The predicted octanol–water partition coefficient (Wildman–Crippen LogP) is 2.90.